The molecule has 27 heavy (non-hydrogen) atoms. The van der Waals surface area contributed by atoms with E-state index in [4.69, 9.17) is 0 Å². The average Bonchev–Trinajstić information content (AvgIpc) is 2.90. The molecule has 2 fully saturated rings. The van der Waals surface area contributed by atoms with Crippen molar-refractivity contribution in [3.8, 4) is 0 Å². The maximum atomic E-state index is 14.9. The van der Waals surface area contributed by atoms with Gasteiger partial charge in [-0.05, 0) is 38.1 Å². The number of hydrogen-bond acceptors (Lipinski definition) is 5. The van der Waals surface area contributed by atoms with Crippen molar-refractivity contribution >= 4 is 41.1 Å². The van der Waals surface area contributed by atoms with Gasteiger partial charge in [0.05, 0.1) is 11.1 Å². The Morgan fingerprint density at radius 2 is 1.96 bits per heavy atom. The number of nitrogens with zero attached hydrogens (tertiary/aromatic N) is 3. The number of aromatic nitrogens is 2. The first-order chi connectivity index (χ1) is 12.4. The van der Waals surface area contributed by atoms with E-state index >= 15 is 0 Å². The van der Waals surface area contributed by atoms with Gasteiger partial charge >= 0.3 is 6.03 Å². The first-order valence-electron chi connectivity index (χ1n) is 8.60. The number of aryl methyl sites for hydroxylation is 1. The number of rotatable bonds is 2. The summed E-state index contributed by atoms with van der Waals surface area (Å²) in [6.07, 6.45) is 1.02. The smallest absolute Gasteiger partial charge is 0.329 e. The van der Waals surface area contributed by atoms with E-state index in [1.807, 2.05) is 0 Å². The number of anilines is 1. The van der Waals surface area contributed by atoms with Crippen molar-refractivity contribution in [3.63, 3.8) is 0 Å². The molecule has 10 heteroatoms. The SMILES string of the molecule is Cl.Cn1nc(N2CCC(=O)NC2=O)c2cc(F)c(C3(O)CCNCC3)cc21. The van der Waals surface area contributed by atoms with Crippen LogP contribution in [0.15, 0.2) is 12.1 Å². The van der Waals surface area contributed by atoms with E-state index < -0.39 is 17.4 Å². The van der Waals surface area contributed by atoms with Crippen LogP contribution in [0.5, 0.6) is 0 Å². The summed E-state index contributed by atoms with van der Waals surface area (Å²) in [5.41, 5.74) is -0.351. The van der Waals surface area contributed by atoms with Crippen LogP contribution in [-0.2, 0) is 17.4 Å². The van der Waals surface area contributed by atoms with Gasteiger partial charge in [-0.2, -0.15) is 5.10 Å². The lowest BCUT2D eigenvalue weighted by atomic mass is 9.84. The molecule has 2 saturated heterocycles. The van der Waals surface area contributed by atoms with Crippen LogP contribution in [0.1, 0.15) is 24.8 Å². The molecule has 4 rings (SSSR count). The average molecular weight is 398 g/mol. The van der Waals surface area contributed by atoms with E-state index in [9.17, 15) is 19.1 Å². The minimum Gasteiger partial charge on any atom is -0.385 e. The number of benzene rings is 1. The van der Waals surface area contributed by atoms with Gasteiger partial charge < -0.3 is 10.4 Å². The summed E-state index contributed by atoms with van der Waals surface area (Å²) < 4.78 is 16.4. The zero-order chi connectivity index (χ0) is 18.5. The van der Waals surface area contributed by atoms with Gasteiger partial charge in [0.1, 0.15) is 5.82 Å². The molecule has 0 bridgehead atoms. The largest absolute Gasteiger partial charge is 0.385 e. The highest BCUT2D eigenvalue weighted by Crippen LogP contribution is 2.36. The fourth-order valence-electron chi connectivity index (χ4n) is 3.69. The maximum Gasteiger partial charge on any atom is 0.329 e. The van der Waals surface area contributed by atoms with E-state index in [1.165, 1.54) is 11.0 Å². The normalized spacial score (nSPS) is 19.7. The number of urea groups is 1. The predicted octanol–water partition coefficient (Wildman–Crippen LogP) is 1.15. The van der Waals surface area contributed by atoms with Crippen LogP contribution in [-0.4, -0.2) is 46.5 Å². The van der Waals surface area contributed by atoms with Crippen molar-refractivity contribution in [2.45, 2.75) is 24.9 Å². The summed E-state index contributed by atoms with van der Waals surface area (Å²) in [4.78, 5) is 24.8. The summed E-state index contributed by atoms with van der Waals surface area (Å²) in [6.45, 7) is 1.43. The molecular weight excluding hydrogens is 377 g/mol. The highest BCUT2D eigenvalue weighted by molar-refractivity contribution is 6.08. The van der Waals surface area contributed by atoms with Crippen molar-refractivity contribution in [1.82, 2.24) is 20.4 Å². The van der Waals surface area contributed by atoms with Gasteiger partial charge in [-0.25, -0.2) is 9.18 Å². The Kier molecular flexibility index (Phi) is 5.11. The standard InChI is InChI=1S/C17H20FN5O3.ClH/c1-22-13-9-11(17(26)3-5-19-6-4-17)12(18)8-10(13)15(21-22)23-7-2-14(24)20-16(23)25;/h8-9,19,26H,2-7H2,1H3,(H,20,24,25);1H. The highest BCUT2D eigenvalue weighted by atomic mass is 35.5. The third-order valence-corrected chi connectivity index (χ3v) is 5.16. The first kappa shape index (κ1) is 19.5. The predicted molar refractivity (Wildman–Crippen MR) is 99.4 cm³/mol. The number of carbonyl (C=O) groups is 2. The quantitative estimate of drug-likeness (QED) is 0.706. The molecule has 1 aromatic carbocycles. The summed E-state index contributed by atoms with van der Waals surface area (Å²) in [5, 5.41) is 21.1. The molecule has 2 aliphatic heterocycles. The number of hydrogen-bond donors (Lipinski definition) is 3. The van der Waals surface area contributed by atoms with Crippen molar-refractivity contribution in [2.75, 3.05) is 24.5 Å². The lowest BCUT2D eigenvalue weighted by Gasteiger charge is -2.33. The maximum absolute atomic E-state index is 14.9. The summed E-state index contributed by atoms with van der Waals surface area (Å²) in [7, 11) is 1.70. The minimum atomic E-state index is -1.22. The van der Waals surface area contributed by atoms with Crippen LogP contribution in [0.2, 0.25) is 0 Å². The molecule has 0 saturated carbocycles. The van der Waals surface area contributed by atoms with E-state index in [1.54, 1.807) is 17.8 Å². The molecule has 146 valence electrons. The van der Waals surface area contributed by atoms with Gasteiger partial charge in [-0.15, -0.1) is 12.4 Å². The van der Waals surface area contributed by atoms with Crippen molar-refractivity contribution in [2.24, 2.45) is 7.05 Å². The van der Waals surface area contributed by atoms with E-state index in [-0.39, 0.29) is 36.8 Å². The Morgan fingerprint density at radius 1 is 1.26 bits per heavy atom. The van der Waals surface area contributed by atoms with Crippen molar-refractivity contribution < 1.29 is 19.1 Å². The Hall–Kier alpha value is -2.23. The first-order valence-corrected chi connectivity index (χ1v) is 8.60. The zero-order valence-electron chi connectivity index (χ0n) is 14.8. The van der Waals surface area contributed by atoms with Crippen LogP contribution in [0.3, 0.4) is 0 Å². The van der Waals surface area contributed by atoms with Crippen LogP contribution < -0.4 is 15.5 Å². The second-order valence-corrected chi connectivity index (χ2v) is 6.83. The molecule has 3 heterocycles. The number of amides is 3. The lowest BCUT2D eigenvalue weighted by Crippen LogP contribution is -2.49. The lowest BCUT2D eigenvalue weighted by molar-refractivity contribution is -0.120. The number of fused-ring (bicyclic) bond motifs is 1. The van der Waals surface area contributed by atoms with E-state index in [0.717, 1.165) is 0 Å². The second-order valence-electron chi connectivity index (χ2n) is 6.83. The number of aliphatic hydroxyl groups is 1. The van der Waals surface area contributed by atoms with Crippen LogP contribution in [0.4, 0.5) is 15.0 Å². The van der Waals surface area contributed by atoms with E-state index in [0.29, 0.717) is 42.7 Å². The number of halogens is 2. The monoisotopic (exact) mass is 397 g/mol. The topological polar surface area (TPSA) is 99.5 Å². The van der Waals surface area contributed by atoms with Gasteiger partial charge in [0, 0.05) is 31.0 Å². The van der Waals surface area contributed by atoms with Crippen LogP contribution >= 0.6 is 12.4 Å². The highest BCUT2D eigenvalue weighted by Gasteiger charge is 2.35. The molecule has 0 radical (unpaired) electrons. The third kappa shape index (κ3) is 3.26. The Balaban J connectivity index is 0.00000210. The molecular formula is C17H21ClFN5O3. The Bertz CT molecular complexity index is 910. The summed E-state index contributed by atoms with van der Waals surface area (Å²) in [6, 6.07) is 2.36. The molecule has 0 atom stereocenters. The molecule has 3 amide bonds. The Morgan fingerprint density at radius 3 is 2.63 bits per heavy atom. The molecule has 2 aliphatic rings. The van der Waals surface area contributed by atoms with E-state index in [2.05, 4.69) is 15.7 Å². The number of piperidine rings is 1. The molecule has 1 aromatic heterocycles. The van der Waals surface area contributed by atoms with Gasteiger partial charge in [0.25, 0.3) is 0 Å². The zero-order valence-corrected chi connectivity index (χ0v) is 15.6. The minimum absolute atomic E-state index is 0. The van der Waals surface area contributed by atoms with Crippen LogP contribution in [0.25, 0.3) is 10.9 Å². The van der Waals surface area contributed by atoms with Crippen LogP contribution in [0, 0.1) is 5.82 Å². The molecule has 2 aromatic rings. The van der Waals surface area contributed by atoms with Gasteiger partial charge in [0.2, 0.25) is 5.91 Å². The van der Waals surface area contributed by atoms with Gasteiger partial charge in [0.15, 0.2) is 5.82 Å². The fraction of sp³-hybridized carbons (Fsp3) is 0.471. The summed E-state index contributed by atoms with van der Waals surface area (Å²) >= 11 is 0. The van der Waals surface area contributed by atoms with Crippen molar-refractivity contribution in [1.29, 1.82) is 0 Å². The number of nitrogens with one attached hydrogen (secondary N) is 2. The number of carbonyl (C=O) groups excluding carboxylic acids is 2. The van der Waals surface area contributed by atoms with Crippen molar-refractivity contribution in [3.05, 3.63) is 23.5 Å². The van der Waals surface area contributed by atoms with Gasteiger partial charge in [-0.3, -0.25) is 19.7 Å². The molecule has 0 aliphatic carbocycles. The summed E-state index contributed by atoms with van der Waals surface area (Å²) in [5.74, 6) is -0.562. The second kappa shape index (κ2) is 7.06. The molecule has 8 nitrogen and oxygen atoms in total. The molecule has 0 spiro atoms. The Labute approximate surface area is 161 Å². The fourth-order valence-corrected chi connectivity index (χ4v) is 3.69. The van der Waals surface area contributed by atoms with Gasteiger partial charge in [-0.1, -0.05) is 0 Å². The molecule has 3 N–H and O–H groups in total. The third-order valence-electron chi connectivity index (χ3n) is 5.16. The number of imide groups is 1. The molecule has 0 unspecified atom stereocenters.